The van der Waals surface area contributed by atoms with Crippen molar-refractivity contribution in [1.29, 1.82) is 0 Å². The van der Waals surface area contributed by atoms with Gasteiger partial charge in [-0.15, -0.1) is 0 Å². The van der Waals surface area contributed by atoms with Gasteiger partial charge in [-0.2, -0.15) is 0 Å². The molecule has 0 bridgehead atoms. The minimum atomic E-state index is -0.769. The van der Waals surface area contributed by atoms with E-state index in [1.54, 1.807) is 13.8 Å². The molecule has 106 valence electrons. The van der Waals surface area contributed by atoms with Crippen LogP contribution in [0.3, 0.4) is 0 Å². The van der Waals surface area contributed by atoms with Crippen LogP contribution in [0.4, 0.5) is 0 Å². The van der Waals surface area contributed by atoms with E-state index < -0.39 is 11.2 Å². The molecule has 1 heterocycles. The van der Waals surface area contributed by atoms with Gasteiger partial charge in [0.25, 0.3) is 0 Å². The van der Waals surface area contributed by atoms with Crippen LogP contribution in [0.15, 0.2) is 24.3 Å². The summed E-state index contributed by atoms with van der Waals surface area (Å²) in [6, 6.07) is 8.26. The predicted molar refractivity (Wildman–Crippen MR) is 71.5 cm³/mol. The van der Waals surface area contributed by atoms with E-state index >= 15 is 0 Å². The van der Waals surface area contributed by atoms with Gasteiger partial charge in [-0.3, -0.25) is 5.26 Å². The van der Waals surface area contributed by atoms with Gasteiger partial charge >= 0.3 is 0 Å². The second kappa shape index (κ2) is 5.21. The fourth-order valence-corrected chi connectivity index (χ4v) is 2.28. The summed E-state index contributed by atoms with van der Waals surface area (Å²) < 4.78 is 0. The molecular weight excluding hydrogens is 244 g/mol. The van der Waals surface area contributed by atoms with E-state index in [0.29, 0.717) is 0 Å². The molecule has 1 aliphatic heterocycles. The molecular formula is C15H22O4. The first-order valence-corrected chi connectivity index (χ1v) is 6.62. The Morgan fingerprint density at radius 3 is 2.42 bits per heavy atom. The van der Waals surface area contributed by atoms with Gasteiger partial charge in [0.1, 0.15) is 17.3 Å². The van der Waals surface area contributed by atoms with Gasteiger partial charge in [-0.25, -0.2) is 14.7 Å². The maximum absolute atomic E-state index is 8.89. The van der Waals surface area contributed by atoms with Gasteiger partial charge in [0, 0.05) is 0 Å². The van der Waals surface area contributed by atoms with Gasteiger partial charge in [0.05, 0.1) is 0 Å². The quantitative estimate of drug-likeness (QED) is 0.671. The summed E-state index contributed by atoms with van der Waals surface area (Å²) in [5.41, 5.74) is 1.10. The van der Waals surface area contributed by atoms with Crippen molar-refractivity contribution in [2.24, 2.45) is 0 Å². The van der Waals surface area contributed by atoms with E-state index in [1.807, 2.05) is 6.92 Å². The zero-order chi connectivity index (χ0) is 14.1. The largest absolute Gasteiger partial charge is 0.251 e. The van der Waals surface area contributed by atoms with E-state index in [1.165, 1.54) is 5.56 Å². The fourth-order valence-electron chi connectivity index (χ4n) is 2.28. The Balaban J connectivity index is 2.08. The van der Waals surface area contributed by atoms with Crippen LogP contribution in [-0.4, -0.2) is 17.0 Å². The molecule has 19 heavy (non-hydrogen) atoms. The smallest absolute Gasteiger partial charge is 0.127 e. The van der Waals surface area contributed by atoms with Crippen molar-refractivity contribution >= 4 is 0 Å². The highest BCUT2D eigenvalue weighted by atomic mass is 17.2. The zero-order valence-corrected chi connectivity index (χ0v) is 12.0. The molecule has 1 saturated heterocycles. The molecule has 1 aromatic rings. The molecule has 1 fully saturated rings. The van der Waals surface area contributed by atoms with E-state index in [4.69, 9.17) is 15.0 Å². The maximum atomic E-state index is 8.89. The van der Waals surface area contributed by atoms with Crippen LogP contribution in [0.2, 0.25) is 0 Å². The third-order valence-corrected chi connectivity index (χ3v) is 3.90. The lowest BCUT2D eigenvalue weighted by Gasteiger charge is -2.40. The third kappa shape index (κ3) is 2.98. The van der Waals surface area contributed by atoms with Crippen molar-refractivity contribution in [1.82, 2.24) is 0 Å². The highest BCUT2D eigenvalue weighted by Crippen LogP contribution is 2.39. The van der Waals surface area contributed by atoms with Gasteiger partial charge in [-0.05, 0) is 46.1 Å². The van der Waals surface area contributed by atoms with Crippen molar-refractivity contribution in [3.63, 3.8) is 0 Å². The Labute approximate surface area is 114 Å². The molecule has 0 aliphatic carbocycles. The second-order valence-electron chi connectivity index (χ2n) is 6.00. The average molecular weight is 266 g/mol. The van der Waals surface area contributed by atoms with Crippen molar-refractivity contribution in [3.8, 4) is 0 Å². The molecule has 4 heteroatoms. The lowest BCUT2D eigenvalue weighted by Crippen LogP contribution is -2.46. The first-order chi connectivity index (χ1) is 8.87. The Kier molecular flexibility index (Phi) is 3.97. The molecule has 2 rings (SSSR count). The number of rotatable bonds is 3. The summed E-state index contributed by atoms with van der Waals surface area (Å²) in [5, 5.41) is 8.89. The van der Waals surface area contributed by atoms with Crippen LogP contribution in [0.25, 0.3) is 0 Å². The number of aryl methyl sites for hydroxylation is 1. The van der Waals surface area contributed by atoms with Crippen molar-refractivity contribution in [2.45, 2.75) is 57.8 Å². The molecule has 0 radical (unpaired) electrons. The van der Waals surface area contributed by atoms with E-state index in [2.05, 4.69) is 36.1 Å². The molecule has 1 N–H and O–H groups in total. The van der Waals surface area contributed by atoms with Gasteiger partial charge < -0.3 is 0 Å². The SMILES string of the molecule is Cc1ccc([C@@]2(C)CC[C@@H](C(C)(C)OO)OO2)cc1. The molecule has 1 aliphatic rings. The number of hydrogen-bond donors (Lipinski definition) is 1. The average Bonchev–Trinajstić information content (AvgIpc) is 2.40. The molecule has 0 saturated carbocycles. The first kappa shape index (κ1) is 14.5. The van der Waals surface area contributed by atoms with E-state index in [0.717, 1.165) is 18.4 Å². The van der Waals surface area contributed by atoms with Crippen LogP contribution in [0, 0.1) is 6.92 Å². The Bertz CT molecular complexity index is 416. The van der Waals surface area contributed by atoms with Crippen LogP contribution in [0.1, 0.15) is 44.7 Å². The molecule has 2 atom stereocenters. The fraction of sp³-hybridized carbons (Fsp3) is 0.600. The highest BCUT2D eigenvalue weighted by Gasteiger charge is 2.42. The normalized spacial score (nSPS) is 28.4. The van der Waals surface area contributed by atoms with Crippen LogP contribution in [0.5, 0.6) is 0 Å². The Morgan fingerprint density at radius 2 is 1.95 bits per heavy atom. The molecule has 0 amide bonds. The lowest BCUT2D eigenvalue weighted by atomic mass is 9.86. The zero-order valence-electron chi connectivity index (χ0n) is 12.0. The minimum Gasteiger partial charge on any atom is -0.251 e. The topological polar surface area (TPSA) is 47.9 Å². The van der Waals surface area contributed by atoms with Crippen molar-refractivity contribution in [2.75, 3.05) is 0 Å². The molecule has 1 aromatic carbocycles. The van der Waals surface area contributed by atoms with E-state index in [9.17, 15) is 0 Å². The standard InChI is InChI=1S/C15H22O4/c1-11-5-7-12(8-6-11)15(4)10-9-13(17-19-15)14(2,3)18-16/h5-8,13,16H,9-10H2,1-4H3/t13-,15+/m0/s1. The monoisotopic (exact) mass is 266 g/mol. The number of hydrogen-bond acceptors (Lipinski definition) is 4. The number of benzene rings is 1. The lowest BCUT2D eigenvalue weighted by molar-refractivity contribution is -0.451. The Morgan fingerprint density at radius 1 is 1.32 bits per heavy atom. The predicted octanol–water partition coefficient (Wildman–Crippen LogP) is 3.59. The van der Waals surface area contributed by atoms with Crippen LogP contribution in [-0.2, 0) is 20.3 Å². The first-order valence-electron chi connectivity index (χ1n) is 6.62. The van der Waals surface area contributed by atoms with Crippen LogP contribution >= 0.6 is 0 Å². The second-order valence-corrected chi connectivity index (χ2v) is 6.00. The molecule has 4 nitrogen and oxygen atoms in total. The minimum absolute atomic E-state index is 0.281. The highest BCUT2D eigenvalue weighted by molar-refractivity contribution is 5.26. The van der Waals surface area contributed by atoms with Crippen molar-refractivity contribution < 1.29 is 19.9 Å². The maximum Gasteiger partial charge on any atom is 0.127 e. The Hall–Kier alpha value is -0.940. The molecule has 0 aromatic heterocycles. The molecule has 0 unspecified atom stereocenters. The summed E-state index contributed by atoms with van der Waals surface area (Å²) in [6.45, 7) is 7.62. The van der Waals surface area contributed by atoms with E-state index in [-0.39, 0.29) is 6.10 Å². The van der Waals surface area contributed by atoms with Crippen molar-refractivity contribution in [3.05, 3.63) is 35.4 Å². The summed E-state index contributed by atoms with van der Waals surface area (Å²) in [5.74, 6) is 0. The van der Waals surface area contributed by atoms with Gasteiger partial charge in [0.15, 0.2) is 0 Å². The summed E-state index contributed by atoms with van der Waals surface area (Å²) in [6.07, 6.45) is 1.29. The summed E-state index contributed by atoms with van der Waals surface area (Å²) in [4.78, 5) is 15.5. The van der Waals surface area contributed by atoms with Gasteiger partial charge in [0.2, 0.25) is 0 Å². The third-order valence-electron chi connectivity index (χ3n) is 3.90. The summed E-state index contributed by atoms with van der Waals surface area (Å²) in [7, 11) is 0. The molecule has 0 spiro atoms. The summed E-state index contributed by atoms with van der Waals surface area (Å²) >= 11 is 0. The van der Waals surface area contributed by atoms with Gasteiger partial charge in [-0.1, -0.05) is 29.8 Å². The van der Waals surface area contributed by atoms with Crippen LogP contribution < -0.4 is 0 Å².